The number of likely N-dealkylation sites (N-methyl/N-ethyl adjacent to an activating group) is 1. The van der Waals surface area contributed by atoms with Crippen LogP contribution < -0.4 is 5.32 Å². The van der Waals surface area contributed by atoms with E-state index in [1.807, 2.05) is 6.20 Å². The molecule has 1 rings (SSSR count). The fourth-order valence-corrected chi connectivity index (χ4v) is 1.71. The molecule has 0 radical (unpaired) electrons. The second-order valence-electron chi connectivity index (χ2n) is 4.07. The van der Waals surface area contributed by atoms with E-state index in [1.54, 1.807) is 17.9 Å². The van der Waals surface area contributed by atoms with Gasteiger partial charge >= 0.3 is 12.0 Å². The van der Waals surface area contributed by atoms with Crippen LogP contribution in [0.5, 0.6) is 0 Å². The maximum atomic E-state index is 11.6. The van der Waals surface area contributed by atoms with Gasteiger partial charge in [0.25, 0.3) is 0 Å². The van der Waals surface area contributed by atoms with Crippen LogP contribution >= 0.6 is 15.9 Å². The number of carbonyl (C=O) groups excluding carboxylic acids is 1. The molecule has 8 heteroatoms. The predicted molar refractivity (Wildman–Crippen MR) is 72.8 cm³/mol. The third-order valence-electron chi connectivity index (χ3n) is 2.46. The highest BCUT2D eigenvalue weighted by molar-refractivity contribution is 9.10. The second-order valence-corrected chi connectivity index (χ2v) is 4.99. The Morgan fingerprint density at radius 3 is 2.89 bits per heavy atom. The van der Waals surface area contributed by atoms with Gasteiger partial charge in [0.05, 0.1) is 17.2 Å². The zero-order chi connectivity index (χ0) is 14.3. The minimum Gasteiger partial charge on any atom is -0.481 e. The van der Waals surface area contributed by atoms with Crippen molar-refractivity contribution in [2.75, 3.05) is 20.1 Å². The maximum Gasteiger partial charge on any atom is 0.317 e. The van der Waals surface area contributed by atoms with E-state index in [4.69, 9.17) is 5.11 Å². The van der Waals surface area contributed by atoms with Crippen LogP contribution in [-0.4, -0.2) is 51.9 Å². The molecule has 0 saturated heterocycles. The number of nitrogens with zero attached hydrogens (tertiary/aromatic N) is 3. The number of carboxylic acids is 1. The van der Waals surface area contributed by atoms with Crippen molar-refractivity contribution < 1.29 is 14.7 Å². The molecular weight excluding hydrogens is 316 g/mol. The zero-order valence-electron chi connectivity index (χ0n) is 10.7. The van der Waals surface area contributed by atoms with Gasteiger partial charge < -0.3 is 15.3 Å². The van der Waals surface area contributed by atoms with E-state index in [0.717, 1.165) is 4.47 Å². The van der Waals surface area contributed by atoms with Crippen molar-refractivity contribution in [3.8, 4) is 0 Å². The first-order chi connectivity index (χ1) is 8.99. The molecule has 19 heavy (non-hydrogen) atoms. The summed E-state index contributed by atoms with van der Waals surface area (Å²) >= 11 is 3.30. The number of halogens is 1. The molecule has 0 aliphatic rings. The molecule has 0 bridgehead atoms. The molecule has 2 amide bonds. The Bertz CT molecular complexity index is 435. The first-order valence-electron chi connectivity index (χ1n) is 5.87. The number of carbonyl (C=O) groups is 2. The third-order valence-corrected chi connectivity index (χ3v) is 2.87. The minimum atomic E-state index is -0.855. The number of urea groups is 1. The van der Waals surface area contributed by atoms with E-state index in [0.29, 0.717) is 26.1 Å². The standard InChI is InChI=1S/C11H17BrN4O3/c1-15(5-6-16-8-9(12)7-14-16)11(19)13-4-2-3-10(17)18/h7-8H,2-6H2,1H3,(H,13,19)(H,17,18). The highest BCUT2D eigenvalue weighted by atomic mass is 79.9. The first-order valence-corrected chi connectivity index (χ1v) is 6.67. The monoisotopic (exact) mass is 332 g/mol. The molecule has 0 aromatic carbocycles. The average molecular weight is 333 g/mol. The van der Waals surface area contributed by atoms with E-state index < -0.39 is 5.97 Å². The number of aromatic nitrogens is 2. The number of amides is 2. The summed E-state index contributed by atoms with van der Waals surface area (Å²) in [5.41, 5.74) is 0. The highest BCUT2D eigenvalue weighted by Crippen LogP contribution is 2.05. The zero-order valence-corrected chi connectivity index (χ0v) is 12.3. The summed E-state index contributed by atoms with van der Waals surface area (Å²) in [6, 6.07) is -0.211. The lowest BCUT2D eigenvalue weighted by Gasteiger charge is -2.17. The summed E-state index contributed by atoms with van der Waals surface area (Å²) in [7, 11) is 1.69. The average Bonchev–Trinajstić information content (AvgIpc) is 2.77. The third kappa shape index (κ3) is 6.23. The van der Waals surface area contributed by atoms with Crippen molar-refractivity contribution >= 4 is 27.9 Å². The Morgan fingerprint density at radius 1 is 1.58 bits per heavy atom. The SMILES string of the molecule is CN(CCn1cc(Br)cn1)C(=O)NCCCC(=O)O. The fraction of sp³-hybridized carbons (Fsp3) is 0.545. The number of nitrogens with one attached hydrogen (secondary N) is 1. The molecule has 0 atom stereocenters. The molecule has 0 saturated carbocycles. The Kier molecular flexibility index (Phi) is 6.34. The maximum absolute atomic E-state index is 11.6. The lowest BCUT2D eigenvalue weighted by molar-refractivity contribution is -0.137. The molecule has 0 aliphatic carbocycles. The first kappa shape index (κ1) is 15.5. The molecule has 0 spiro atoms. The Hall–Kier alpha value is -1.57. The summed E-state index contributed by atoms with van der Waals surface area (Å²) in [4.78, 5) is 23.5. The lowest BCUT2D eigenvalue weighted by atomic mass is 10.3. The van der Waals surface area contributed by atoms with Crippen molar-refractivity contribution in [1.29, 1.82) is 0 Å². The summed E-state index contributed by atoms with van der Waals surface area (Å²) in [6.45, 7) is 1.49. The van der Waals surface area contributed by atoms with Crippen LogP contribution in [0.15, 0.2) is 16.9 Å². The smallest absolute Gasteiger partial charge is 0.317 e. The topological polar surface area (TPSA) is 87.5 Å². The minimum absolute atomic E-state index is 0.0608. The van der Waals surface area contributed by atoms with Gasteiger partial charge in [0, 0.05) is 32.8 Å². The van der Waals surface area contributed by atoms with Crippen LogP contribution in [0.1, 0.15) is 12.8 Å². The van der Waals surface area contributed by atoms with E-state index >= 15 is 0 Å². The van der Waals surface area contributed by atoms with Gasteiger partial charge in [-0.3, -0.25) is 9.48 Å². The fourth-order valence-electron chi connectivity index (χ4n) is 1.38. The molecular formula is C11H17BrN4O3. The lowest BCUT2D eigenvalue weighted by Crippen LogP contribution is -2.39. The Balaban J connectivity index is 2.19. The summed E-state index contributed by atoms with van der Waals surface area (Å²) in [6.07, 6.45) is 4.01. The molecule has 106 valence electrons. The number of rotatable bonds is 7. The van der Waals surface area contributed by atoms with E-state index in [9.17, 15) is 9.59 Å². The van der Waals surface area contributed by atoms with Gasteiger partial charge in [0.1, 0.15) is 0 Å². The van der Waals surface area contributed by atoms with E-state index in [2.05, 4.69) is 26.3 Å². The molecule has 1 heterocycles. The molecule has 0 fully saturated rings. The Morgan fingerprint density at radius 2 is 2.32 bits per heavy atom. The van der Waals surface area contributed by atoms with Gasteiger partial charge in [-0.1, -0.05) is 0 Å². The summed E-state index contributed by atoms with van der Waals surface area (Å²) in [5, 5.41) is 15.2. The highest BCUT2D eigenvalue weighted by Gasteiger charge is 2.08. The van der Waals surface area contributed by atoms with Crippen molar-refractivity contribution in [3.63, 3.8) is 0 Å². The molecule has 1 aromatic heterocycles. The molecule has 0 aliphatic heterocycles. The van der Waals surface area contributed by atoms with Crippen LogP contribution in [0.25, 0.3) is 0 Å². The number of aliphatic carboxylic acids is 1. The van der Waals surface area contributed by atoms with Crippen LogP contribution in [0, 0.1) is 0 Å². The van der Waals surface area contributed by atoms with Crippen LogP contribution in [0.2, 0.25) is 0 Å². The molecule has 2 N–H and O–H groups in total. The quantitative estimate of drug-likeness (QED) is 0.733. The van der Waals surface area contributed by atoms with Crippen LogP contribution in [0.3, 0.4) is 0 Å². The number of hydrogen-bond acceptors (Lipinski definition) is 3. The summed E-state index contributed by atoms with van der Waals surface area (Å²) in [5.74, 6) is -0.855. The predicted octanol–water partition coefficient (Wildman–Crippen LogP) is 1.15. The van der Waals surface area contributed by atoms with Gasteiger partial charge in [-0.05, 0) is 22.4 Å². The largest absolute Gasteiger partial charge is 0.481 e. The van der Waals surface area contributed by atoms with Crippen LogP contribution in [0.4, 0.5) is 4.79 Å². The number of hydrogen-bond donors (Lipinski definition) is 2. The Labute approximate surface area is 119 Å². The van der Waals surface area contributed by atoms with E-state index in [-0.39, 0.29) is 12.5 Å². The molecule has 1 aromatic rings. The van der Waals surface area contributed by atoms with Gasteiger partial charge in [-0.15, -0.1) is 0 Å². The van der Waals surface area contributed by atoms with Crippen molar-refractivity contribution in [2.45, 2.75) is 19.4 Å². The molecule has 0 unspecified atom stereocenters. The molecule has 7 nitrogen and oxygen atoms in total. The van der Waals surface area contributed by atoms with E-state index in [1.165, 1.54) is 4.90 Å². The normalized spacial score (nSPS) is 10.2. The van der Waals surface area contributed by atoms with Gasteiger partial charge in [0.2, 0.25) is 0 Å². The van der Waals surface area contributed by atoms with Gasteiger partial charge in [-0.2, -0.15) is 5.10 Å². The van der Waals surface area contributed by atoms with Crippen molar-refractivity contribution in [3.05, 3.63) is 16.9 Å². The van der Waals surface area contributed by atoms with Crippen molar-refractivity contribution in [2.24, 2.45) is 0 Å². The number of carboxylic acid groups (broad SMARTS) is 1. The van der Waals surface area contributed by atoms with Gasteiger partial charge in [-0.25, -0.2) is 4.79 Å². The van der Waals surface area contributed by atoms with Crippen molar-refractivity contribution in [1.82, 2.24) is 20.0 Å². The summed E-state index contributed by atoms with van der Waals surface area (Å²) < 4.78 is 2.63. The second kappa shape index (κ2) is 7.78. The van der Waals surface area contributed by atoms with Gasteiger partial charge in [0.15, 0.2) is 0 Å². The van der Waals surface area contributed by atoms with Crippen LogP contribution in [-0.2, 0) is 11.3 Å².